The van der Waals surface area contributed by atoms with Crippen molar-refractivity contribution in [1.29, 1.82) is 0 Å². The zero-order valence-electron chi connectivity index (χ0n) is 13.1. The number of hydrogen-bond acceptors (Lipinski definition) is 6. The van der Waals surface area contributed by atoms with Crippen molar-refractivity contribution >= 4 is 32.6 Å². The lowest BCUT2D eigenvalue weighted by Crippen LogP contribution is -2.14. The second-order valence-electron chi connectivity index (χ2n) is 5.27. The molecule has 3 aromatic rings. The molecule has 0 unspecified atom stereocenters. The van der Waals surface area contributed by atoms with Crippen molar-refractivity contribution in [2.45, 2.75) is 6.54 Å². The largest absolute Gasteiger partial charge is 0.497 e. The first-order valence-corrected chi connectivity index (χ1v) is 7.94. The molecule has 0 saturated heterocycles. The number of nitrogens with zero attached hydrogens (tertiary/aromatic N) is 1. The Morgan fingerprint density at radius 2 is 2.00 bits per heavy atom. The van der Waals surface area contributed by atoms with Crippen molar-refractivity contribution in [1.82, 2.24) is 0 Å². The highest BCUT2D eigenvalue weighted by atomic mass is 32.1. The summed E-state index contributed by atoms with van der Waals surface area (Å²) in [6, 6.07) is 10.9. The minimum absolute atomic E-state index is 0.353. The molecule has 0 amide bonds. The molecule has 0 radical (unpaired) electrons. The van der Waals surface area contributed by atoms with Crippen LogP contribution < -0.4 is 15.3 Å². The van der Waals surface area contributed by atoms with Gasteiger partial charge in [0.1, 0.15) is 11.3 Å². The standard InChI is InChI=1S/C17H15NO5S/c1-18(9-10-3-5-11(22-2)6-4-10)15-8-13-14(24-15)7-12(16(19)20)17(21)23-13/h3-8H,9H2,1-2H3,(H,19,20). The quantitative estimate of drug-likeness (QED) is 0.765. The highest BCUT2D eigenvalue weighted by molar-refractivity contribution is 7.22. The van der Waals surface area contributed by atoms with E-state index in [9.17, 15) is 9.59 Å². The maximum absolute atomic E-state index is 11.6. The summed E-state index contributed by atoms with van der Waals surface area (Å²) in [7, 11) is 3.54. The SMILES string of the molecule is COc1ccc(CN(C)c2cc3oc(=O)c(C(=O)O)cc3s2)cc1. The Morgan fingerprint density at radius 3 is 2.62 bits per heavy atom. The zero-order chi connectivity index (χ0) is 17.3. The highest BCUT2D eigenvalue weighted by Gasteiger charge is 2.15. The van der Waals surface area contributed by atoms with Crippen molar-refractivity contribution in [2.75, 3.05) is 19.1 Å². The average Bonchev–Trinajstić information content (AvgIpc) is 2.97. The molecule has 0 aliphatic rings. The lowest BCUT2D eigenvalue weighted by molar-refractivity contribution is 0.0692. The summed E-state index contributed by atoms with van der Waals surface area (Å²) in [6.07, 6.45) is 0. The van der Waals surface area contributed by atoms with Gasteiger partial charge in [-0.25, -0.2) is 9.59 Å². The average molecular weight is 345 g/mol. The number of fused-ring (bicyclic) bond motifs is 1. The molecule has 0 saturated carbocycles. The summed E-state index contributed by atoms with van der Waals surface area (Å²) in [6.45, 7) is 0.660. The van der Waals surface area contributed by atoms with E-state index in [4.69, 9.17) is 14.3 Å². The third-order valence-electron chi connectivity index (χ3n) is 3.60. The van der Waals surface area contributed by atoms with Crippen molar-refractivity contribution in [3.05, 3.63) is 57.9 Å². The van der Waals surface area contributed by atoms with Gasteiger partial charge in [-0.3, -0.25) is 0 Å². The smallest absolute Gasteiger partial charge is 0.351 e. The van der Waals surface area contributed by atoms with E-state index in [2.05, 4.69) is 0 Å². The van der Waals surface area contributed by atoms with Crippen LogP contribution in [-0.2, 0) is 6.54 Å². The highest BCUT2D eigenvalue weighted by Crippen LogP contribution is 2.32. The molecule has 7 heteroatoms. The fourth-order valence-electron chi connectivity index (χ4n) is 2.32. The normalized spacial score (nSPS) is 10.8. The molecule has 0 aliphatic carbocycles. The lowest BCUT2D eigenvalue weighted by Gasteiger charge is -2.16. The Bertz CT molecular complexity index is 942. The summed E-state index contributed by atoms with van der Waals surface area (Å²) < 4.78 is 10.9. The summed E-state index contributed by atoms with van der Waals surface area (Å²) in [4.78, 5) is 24.7. The van der Waals surface area contributed by atoms with E-state index in [1.165, 1.54) is 17.4 Å². The Hall–Kier alpha value is -2.80. The second-order valence-corrected chi connectivity index (χ2v) is 6.33. The molecular weight excluding hydrogens is 330 g/mol. The van der Waals surface area contributed by atoms with Crippen molar-refractivity contribution < 1.29 is 19.1 Å². The van der Waals surface area contributed by atoms with Crippen LogP contribution in [0.3, 0.4) is 0 Å². The number of benzene rings is 1. The van der Waals surface area contributed by atoms with Crippen molar-refractivity contribution in [2.24, 2.45) is 0 Å². The first-order valence-electron chi connectivity index (χ1n) is 7.13. The molecule has 0 fully saturated rings. The molecule has 0 spiro atoms. The molecular formula is C17H15NO5S. The van der Waals surface area contributed by atoms with Gasteiger partial charge in [0.2, 0.25) is 0 Å². The number of rotatable bonds is 5. The van der Waals surface area contributed by atoms with E-state index >= 15 is 0 Å². The van der Waals surface area contributed by atoms with Crippen LogP contribution >= 0.6 is 11.3 Å². The van der Waals surface area contributed by atoms with Crippen LogP contribution in [0.4, 0.5) is 5.00 Å². The predicted octanol–water partition coefficient (Wildman–Crippen LogP) is 3.20. The van der Waals surface area contributed by atoms with Crippen molar-refractivity contribution in [3.8, 4) is 5.75 Å². The number of carboxylic acids is 1. The number of carboxylic acid groups (broad SMARTS) is 1. The van der Waals surface area contributed by atoms with Gasteiger partial charge in [0.05, 0.1) is 16.8 Å². The van der Waals surface area contributed by atoms with E-state index in [1.807, 2.05) is 36.2 Å². The molecule has 0 atom stereocenters. The van der Waals surface area contributed by atoms with Crippen LogP contribution in [0.15, 0.2) is 45.6 Å². The van der Waals surface area contributed by atoms with Crippen LogP contribution in [0.2, 0.25) is 0 Å². The molecule has 0 aliphatic heterocycles. The van der Waals surface area contributed by atoms with Gasteiger partial charge in [0, 0.05) is 19.7 Å². The molecule has 6 nitrogen and oxygen atoms in total. The van der Waals surface area contributed by atoms with Gasteiger partial charge in [-0.15, -0.1) is 11.3 Å². The zero-order valence-corrected chi connectivity index (χ0v) is 13.9. The number of aromatic carboxylic acids is 1. The fourth-order valence-corrected chi connectivity index (χ4v) is 3.31. The molecule has 1 N–H and O–H groups in total. The minimum atomic E-state index is -1.29. The minimum Gasteiger partial charge on any atom is -0.497 e. The van der Waals surface area contributed by atoms with E-state index in [0.29, 0.717) is 16.8 Å². The third-order valence-corrected chi connectivity index (χ3v) is 4.77. The van der Waals surface area contributed by atoms with E-state index < -0.39 is 11.6 Å². The van der Waals surface area contributed by atoms with Crippen LogP contribution in [0.25, 0.3) is 10.3 Å². The van der Waals surface area contributed by atoms with Gasteiger partial charge in [0.25, 0.3) is 0 Å². The topological polar surface area (TPSA) is 80.0 Å². The molecule has 124 valence electrons. The number of methoxy groups -OCH3 is 1. The van der Waals surface area contributed by atoms with Crippen LogP contribution in [0, 0.1) is 0 Å². The van der Waals surface area contributed by atoms with E-state index in [-0.39, 0.29) is 5.56 Å². The van der Waals surface area contributed by atoms with E-state index in [0.717, 1.165) is 16.3 Å². The molecule has 2 heterocycles. The Morgan fingerprint density at radius 1 is 1.29 bits per heavy atom. The van der Waals surface area contributed by atoms with Gasteiger partial charge >= 0.3 is 11.6 Å². The Kier molecular flexibility index (Phi) is 4.26. The third kappa shape index (κ3) is 3.11. The molecule has 1 aromatic carbocycles. The van der Waals surface area contributed by atoms with E-state index in [1.54, 1.807) is 13.2 Å². The maximum atomic E-state index is 11.6. The maximum Gasteiger partial charge on any atom is 0.351 e. The number of carbonyl (C=O) groups is 1. The number of anilines is 1. The summed E-state index contributed by atoms with van der Waals surface area (Å²) >= 11 is 1.38. The molecule has 3 rings (SSSR count). The van der Waals surface area contributed by atoms with Gasteiger partial charge in [-0.1, -0.05) is 12.1 Å². The summed E-state index contributed by atoms with van der Waals surface area (Å²) in [5, 5.41) is 9.88. The monoisotopic (exact) mass is 345 g/mol. The van der Waals surface area contributed by atoms with Crippen LogP contribution in [0.1, 0.15) is 15.9 Å². The first kappa shape index (κ1) is 16.1. The van der Waals surface area contributed by atoms with Gasteiger partial charge in [-0.05, 0) is 23.8 Å². The number of hydrogen-bond donors (Lipinski definition) is 1. The number of ether oxygens (including phenoxy) is 1. The van der Waals surface area contributed by atoms with Gasteiger partial charge in [0.15, 0.2) is 5.58 Å². The van der Waals surface area contributed by atoms with Crippen molar-refractivity contribution in [3.63, 3.8) is 0 Å². The summed E-state index contributed by atoms with van der Waals surface area (Å²) in [5.74, 6) is -0.488. The first-order chi connectivity index (χ1) is 11.5. The number of thiophene rings is 1. The Balaban J connectivity index is 1.87. The molecule has 24 heavy (non-hydrogen) atoms. The van der Waals surface area contributed by atoms with Crippen LogP contribution in [0.5, 0.6) is 5.75 Å². The second kappa shape index (κ2) is 6.37. The summed E-state index contributed by atoms with van der Waals surface area (Å²) in [5.41, 5.74) is 0.306. The Labute approximate surface area is 141 Å². The van der Waals surface area contributed by atoms with Crippen LogP contribution in [-0.4, -0.2) is 25.2 Å². The lowest BCUT2D eigenvalue weighted by atomic mass is 10.2. The fraction of sp³-hybridized carbons (Fsp3) is 0.176. The van der Waals surface area contributed by atoms with Gasteiger partial charge < -0.3 is 19.2 Å². The van der Waals surface area contributed by atoms with Gasteiger partial charge in [-0.2, -0.15) is 0 Å². The molecule has 0 bridgehead atoms. The predicted molar refractivity (Wildman–Crippen MR) is 92.4 cm³/mol. The molecule has 2 aromatic heterocycles.